The van der Waals surface area contributed by atoms with Gasteiger partial charge in [0.25, 0.3) is 0 Å². The van der Waals surface area contributed by atoms with Gasteiger partial charge >= 0.3 is 0 Å². The van der Waals surface area contributed by atoms with Crippen LogP contribution in [0.4, 0.5) is 0 Å². The lowest BCUT2D eigenvalue weighted by Gasteiger charge is -2.40. The molecule has 2 rings (SSSR count). The molecule has 0 aromatic carbocycles. The number of hydrogen-bond donors (Lipinski definition) is 1. The van der Waals surface area contributed by atoms with Crippen LogP contribution in [0.5, 0.6) is 0 Å². The van der Waals surface area contributed by atoms with Gasteiger partial charge in [-0.3, -0.25) is 0 Å². The predicted octanol–water partition coefficient (Wildman–Crippen LogP) is 5.71. The molecular weight excluding hydrogens is 312 g/mol. The Morgan fingerprint density at radius 1 is 1.45 bits per heavy atom. The van der Waals surface area contributed by atoms with Crippen LogP contribution in [-0.2, 0) is 0 Å². The van der Waals surface area contributed by atoms with Gasteiger partial charge in [0, 0.05) is 10.7 Å². The van der Waals surface area contributed by atoms with Gasteiger partial charge < -0.3 is 5.11 Å². The normalized spacial score (nSPS) is 34.1. The van der Waals surface area contributed by atoms with Crippen molar-refractivity contribution in [3.05, 3.63) is 47.3 Å². The van der Waals surface area contributed by atoms with Crippen molar-refractivity contribution in [1.82, 2.24) is 0 Å². The van der Waals surface area contributed by atoms with E-state index in [0.717, 1.165) is 6.42 Å². The second-order valence-corrected chi connectivity index (χ2v) is 7.27. The molecule has 2 heteroatoms. The quantitative estimate of drug-likeness (QED) is 0.517. The molecule has 0 radical (unpaired) electrons. The average molecular weight is 337 g/mol. The highest BCUT2D eigenvalue weighted by Gasteiger charge is 2.37. The van der Waals surface area contributed by atoms with Gasteiger partial charge in [0.15, 0.2) is 0 Å². The van der Waals surface area contributed by atoms with E-state index in [-0.39, 0.29) is 4.83 Å². The molecule has 0 aliphatic heterocycles. The third-order valence-electron chi connectivity index (χ3n) is 4.68. The third-order valence-corrected chi connectivity index (χ3v) is 5.52. The van der Waals surface area contributed by atoms with Gasteiger partial charge in [-0.05, 0) is 57.1 Å². The summed E-state index contributed by atoms with van der Waals surface area (Å²) in [5, 5.41) is 9.85. The Morgan fingerprint density at radius 3 is 2.75 bits per heavy atom. The number of allylic oxidation sites excluding steroid dienone is 6. The smallest absolute Gasteiger partial charge is 0.112 e. The number of alkyl halides is 1. The number of aliphatic hydroxyl groups excluding tert-OH is 1. The first-order valence-electron chi connectivity index (χ1n) is 7.52. The highest BCUT2D eigenvalue weighted by atomic mass is 79.9. The van der Waals surface area contributed by atoms with E-state index in [9.17, 15) is 5.11 Å². The van der Waals surface area contributed by atoms with Crippen molar-refractivity contribution < 1.29 is 5.11 Å². The van der Waals surface area contributed by atoms with Crippen molar-refractivity contribution >= 4 is 15.9 Å². The topological polar surface area (TPSA) is 20.2 Å². The highest BCUT2D eigenvalue weighted by Crippen LogP contribution is 2.45. The third kappa shape index (κ3) is 3.11. The Hall–Kier alpha value is -0.760. The van der Waals surface area contributed by atoms with E-state index in [1.54, 1.807) is 0 Å². The molecule has 20 heavy (non-hydrogen) atoms. The van der Waals surface area contributed by atoms with Crippen LogP contribution < -0.4 is 0 Å². The largest absolute Gasteiger partial charge is 0.508 e. The van der Waals surface area contributed by atoms with Crippen LogP contribution in [0.15, 0.2) is 47.3 Å². The molecule has 110 valence electrons. The molecule has 0 saturated heterocycles. The molecule has 0 spiro atoms. The van der Waals surface area contributed by atoms with Crippen molar-refractivity contribution in [3.8, 4) is 0 Å². The van der Waals surface area contributed by atoms with E-state index >= 15 is 0 Å². The van der Waals surface area contributed by atoms with E-state index in [1.807, 2.05) is 12.2 Å². The second-order valence-electron chi connectivity index (χ2n) is 6.22. The zero-order chi connectivity index (χ0) is 14.9. The lowest BCUT2D eigenvalue weighted by molar-refractivity contribution is 0.308. The molecule has 2 unspecified atom stereocenters. The summed E-state index contributed by atoms with van der Waals surface area (Å²) in [6, 6.07) is 0. The van der Waals surface area contributed by atoms with Crippen LogP contribution >= 0.6 is 15.9 Å². The summed E-state index contributed by atoms with van der Waals surface area (Å²) in [5.74, 6) is 1.85. The van der Waals surface area contributed by atoms with E-state index in [4.69, 9.17) is 0 Å². The maximum Gasteiger partial charge on any atom is 0.112 e. The van der Waals surface area contributed by atoms with Crippen molar-refractivity contribution in [2.75, 3.05) is 0 Å². The first-order valence-corrected chi connectivity index (χ1v) is 8.43. The van der Waals surface area contributed by atoms with E-state index in [2.05, 4.69) is 49.4 Å². The maximum atomic E-state index is 9.85. The van der Waals surface area contributed by atoms with E-state index in [0.29, 0.717) is 23.5 Å². The number of rotatable bonds is 3. The van der Waals surface area contributed by atoms with Crippen LogP contribution in [0.2, 0.25) is 0 Å². The highest BCUT2D eigenvalue weighted by molar-refractivity contribution is 9.09. The molecule has 0 fully saturated rings. The fourth-order valence-corrected chi connectivity index (χ4v) is 4.60. The van der Waals surface area contributed by atoms with Gasteiger partial charge in [0.05, 0.1) is 0 Å². The molecule has 1 nitrogen and oxygen atoms in total. The molecular formula is C18H25BrO. The minimum atomic E-state index is 0.205. The van der Waals surface area contributed by atoms with E-state index < -0.39 is 0 Å². The molecule has 0 aromatic rings. The second kappa shape index (κ2) is 6.34. The van der Waals surface area contributed by atoms with Gasteiger partial charge in [-0.1, -0.05) is 52.2 Å². The summed E-state index contributed by atoms with van der Waals surface area (Å²) in [6.45, 7) is 10.8. The average Bonchev–Trinajstić information content (AvgIpc) is 2.37. The molecule has 0 saturated carbocycles. The van der Waals surface area contributed by atoms with Crippen molar-refractivity contribution in [2.24, 2.45) is 17.8 Å². The Bertz CT molecular complexity index is 484. The summed E-state index contributed by atoms with van der Waals surface area (Å²) >= 11 is 3.77. The van der Waals surface area contributed by atoms with Gasteiger partial charge in [0.2, 0.25) is 0 Å². The van der Waals surface area contributed by atoms with Crippen molar-refractivity contribution in [1.29, 1.82) is 0 Å². The molecule has 0 amide bonds. The Labute approximate surface area is 131 Å². The van der Waals surface area contributed by atoms with Crippen molar-refractivity contribution in [2.45, 2.75) is 44.9 Å². The Balaban J connectivity index is 2.38. The monoisotopic (exact) mass is 336 g/mol. The fraction of sp³-hybridized carbons (Fsp3) is 0.556. The van der Waals surface area contributed by atoms with Gasteiger partial charge in [-0.15, -0.1) is 0 Å². The van der Waals surface area contributed by atoms with Gasteiger partial charge in [0.1, 0.15) is 5.76 Å². The minimum Gasteiger partial charge on any atom is -0.508 e. The van der Waals surface area contributed by atoms with Crippen LogP contribution in [0.3, 0.4) is 0 Å². The summed E-state index contributed by atoms with van der Waals surface area (Å²) in [7, 11) is 0. The van der Waals surface area contributed by atoms with E-state index in [1.165, 1.54) is 29.6 Å². The van der Waals surface area contributed by atoms with Gasteiger partial charge in [-0.2, -0.15) is 0 Å². The number of aliphatic hydroxyl groups is 1. The lowest BCUT2D eigenvalue weighted by Crippen LogP contribution is -2.33. The lowest BCUT2D eigenvalue weighted by atomic mass is 9.67. The zero-order valence-electron chi connectivity index (χ0n) is 12.7. The molecule has 2 aliphatic rings. The standard InChI is InChI=1S/C18H25BrO/c1-5-13-9-14(20)10-17(19)18(13)16-8-12(4)6-7-15(16)11(2)3/h8-10,15-18,20H,2,5-7H2,1,3-4H3/t15-,16+,17?,18?/m0/s1. The fourth-order valence-electron chi connectivity index (χ4n) is 3.64. The number of hydrogen-bond acceptors (Lipinski definition) is 1. The Kier molecular flexibility index (Phi) is 4.95. The summed E-state index contributed by atoms with van der Waals surface area (Å²) in [5.41, 5.74) is 4.11. The molecule has 4 atom stereocenters. The SMILES string of the molecule is C=C(C)[C@@H]1CCC(C)=C[C@H]1C1C(CC)=CC(O)=CC1Br. The summed E-state index contributed by atoms with van der Waals surface area (Å²) < 4.78 is 0. The predicted molar refractivity (Wildman–Crippen MR) is 90.1 cm³/mol. The molecule has 1 N–H and O–H groups in total. The minimum absolute atomic E-state index is 0.205. The van der Waals surface area contributed by atoms with Crippen LogP contribution in [0, 0.1) is 17.8 Å². The van der Waals surface area contributed by atoms with Crippen LogP contribution in [-0.4, -0.2) is 9.93 Å². The summed E-state index contributed by atoms with van der Waals surface area (Å²) in [6.07, 6.45) is 9.69. The molecule has 0 bridgehead atoms. The van der Waals surface area contributed by atoms with Crippen LogP contribution in [0.25, 0.3) is 0 Å². The molecule has 2 aliphatic carbocycles. The number of halogens is 1. The van der Waals surface area contributed by atoms with Crippen molar-refractivity contribution in [3.63, 3.8) is 0 Å². The molecule has 0 aromatic heterocycles. The first kappa shape index (κ1) is 15.6. The van der Waals surface area contributed by atoms with Crippen LogP contribution in [0.1, 0.15) is 40.0 Å². The van der Waals surface area contributed by atoms with Gasteiger partial charge in [-0.25, -0.2) is 0 Å². The molecule has 0 heterocycles. The maximum absolute atomic E-state index is 9.85. The zero-order valence-corrected chi connectivity index (χ0v) is 14.3. The first-order chi connectivity index (χ1) is 9.43. The summed E-state index contributed by atoms with van der Waals surface area (Å²) in [4.78, 5) is 0.205. The Morgan fingerprint density at radius 2 is 2.15 bits per heavy atom.